The van der Waals surface area contributed by atoms with Crippen molar-refractivity contribution in [1.29, 1.82) is 0 Å². The Bertz CT molecular complexity index is 413. The van der Waals surface area contributed by atoms with Crippen molar-refractivity contribution in [2.45, 2.75) is 97.3 Å². The zero-order chi connectivity index (χ0) is 17.3. The molecule has 2 aliphatic rings. The van der Waals surface area contributed by atoms with E-state index in [1.54, 1.807) is 0 Å². The van der Waals surface area contributed by atoms with Crippen LogP contribution < -0.4 is 0 Å². The molecule has 0 aromatic heterocycles. The molecule has 1 amide bonds. The molecular weight excluding hydrogens is 290 g/mol. The summed E-state index contributed by atoms with van der Waals surface area (Å²) in [7, 11) is 0. The summed E-state index contributed by atoms with van der Waals surface area (Å²) in [5.74, 6) is 0.171. The summed E-state index contributed by atoms with van der Waals surface area (Å²) in [4.78, 5) is 14.6. The van der Waals surface area contributed by atoms with Crippen LogP contribution in [0.3, 0.4) is 0 Å². The molecule has 23 heavy (non-hydrogen) atoms. The van der Waals surface area contributed by atoms with Crippen LogP contribution in [0, 0.1) is 11.3 Å². The molecule has 2 fully saturated rings. The molecule has 0 aromatic carbocycles. The average molecular weight is 325 g/mol. The van der Waals surface area contributed by atoms with Crippen LogP contribution in [0.25, 0.3) is 0 Å². The summed E-state index contributed by atoms with van der Waals surface area (Å²) in [6, 6.07) is 0.113. The molecule has 3 unspecified atom stereocenters. The van der Waals surface area contributed by atoms with Crippen LogP contribution in [0.1, 0.15) is 79.6 Å². The first-order valence-corrected chi connectivity index (χ1v) is 9.27. The van der Waals surface area contributed by atoms with E-state index in [1.807, 2.05) is 25.7 Å². The molecule has 0 bridgehead atoms. The van der Waals surface area contributed by atoms with E-state index in [0.717, 1.165) is 51.5 Å². The van der Waals surface area contributed by atoms with Crippen molar-refractivity contribution < 1.29 is 14.6 Å². The number of rotatable bonds is 1. The van der Waals surface area contributed by atoms with Gasteiger partial charge in [-0.2, -0.15) is 0 Å². The molecule has 0 spiro atoms. The van der Waals surface area contributed by atoms with Crippen molar-refractivity contribution in [3.8, 4) is 0 Å². The SMILES string of the molecule is CC1(C)CCC(O)C(C2CCCCCN2C(=O)OC(C)(C)C)C1. The van der Waals surface area contributed by atoms with E-state index < -0.39 is 5.60 Å². The summed E-state index contributed by atoms with van der Waals surface area (Å²) < 4.78 is 5.65. The minimum Gasteiger partial charge on any atom is -0.444 e. The normalized spacial score (nSPS) is 32.3. The van der Waals surface area contributed by atoms with Crippen LogP contribution in [-0.4, -0.2) is 40.4 Å². The van der Waals surface area contributed by atoms with Gasteiger partial charge in [0.05, 0.1) is 6.10 Å². The van der Waals surface area contributed by atoms with Gasteiger partial charge in [0.15, 0.2) is 0 Å². The number of aliphatic hydroxyl groups excluding tert-OH is 1. The van der Waals surface area contributed by atoms with E-state index >= 15 is 0 Å². The number of carbonyl (C=O) groups is 1. The third-order valence-corrected chi connectivity index (χ3v) is 5.32. The Morgan fingerprint density at radius 3 is 2.52 bits per heavy atom. The van der Waals surface area contributed by atoms with Crippen LogP contribution in [0.2, 0.25) is 0 Å². The number of carbonyl (C=O) groups excluding carboxylic acids is 1. The second-order valence-electron chi connectivity index (χ2n) is 9.23. The quantitative estimate of drug-likeness (QED) is 0.779. The summed E-state index contributed by atoms with van der Waals surface area (Å²) >= 11 is 0. The molecule has 0 radical (unpaired) electrons. The Morgan fingerprint density at radius 2 is 1.87 bits per heavy atom. The maximum Gasteiger partial charge on any atom is 0.410 e. The zero-order valence-corrected chi connectivity index (χ0v) is 15.6. The highest BCUT2D eigenvalue weighted by atomic mass is 16.6. The lowest BCUT2D eigenvalue weighted by atomic mass is 9.68. The molecule has 1 saturated heterocycles. The van der Waals surface area contributed by atoms with Crippen molar-refractivity contribution in [2.24, 2.45) is 11.3 Å². The van der Waals surface area contributed by atoms with Gasteiger partial charge in [-0.1, -0.05) is 26.7 Å². The minimum atomic E-state index is -0.474. The highest BCUT2D eigenvalue weighted by Gasteiger charge is 2.42. The summed E-state index contributed by atoms with van der Waals surface area (Å²) in [6.07, 6.45) is 6.68. The van der Waals surface area contributed by atoms with E-state index in [4.69, 9.17) is 4.74 Å². The van der Waals surface area contributed by atoms with Crippen LogP contribution in [0.5, 0.6) is 0 Å². The topological polar surface area (TPSA) is 49.8 Å². The van der Waals surface area contributed by atoms with Crippen LogP contribution in [0.15, 0.2) is 0 Å². The summed E-state index contributed by atoms with van der Waals surface area (Å²) in [5.41, 5.74) is -0.228. The number of nitrogens with zero attached hydrogens (tertiary/aromatic N) is 1. The lowest BCUT2D eigenvalue weighted by Gasteiger charge is -2.45. The van der Waals surface area contributed by atoms with Gasteiger partial charge >= 0.3 is 6.09 Å². The van der Waals surface area contributed by atoms with E-state index in [1.165, 1.54) is 0 Å². The lowest BCUT2D eigenvalue weighted by Crippen LogP contribution is -2.51. The maximum atomic E-state index is 12.7. The minimum absolute atomic E-state index is 0.113. The Morgan fingerprint density at radius 1 is 1.17 bits per heavy atom. The average Bonchev–Trinajstić information content (AvgIpc) is 2.65. The molecule has 134 valence electrons. The van der Waals surface area contributed by atoms with Gasteiger partial charge in [-0.05, 0) is 58.3 Å². The first-order valence-electron chi connectivity index (χ1n) is 9.27. The third-order valence-electron chi connectivity index (χ3n) is 5.32. The number of amides is 1. The van der Waals surface area contributed by atoms with Crippen molar-refractivity contribution in [3.05, 3.63) is 0 Å². The lowest BCUT2D eigenvalue weighted by molar-refractivity contribution is -0.0371. The van der Waals surface area contributed by atoms with E-state index in [2.05, 4.69) is 13.8 Å². The molecule has 1 heterocycles. The maximum absolute atomic E-state index is 12.7. The van der Waals surface area contributed by atoms with Gasteiger partial charge in [-0.25, -0.2) is 4.79 Å². The molecule has 4 heteroatoms. The first-order chi connectivity index (χ1) is 10.6. The summed E-state index contributed by atoms with van der Waals surface area (Å²) in [6.45, 7) is 11.0. The second-order valence-corrected chi connectivity index (χ2v) is 9.23. The number of hydrogen-bond donors (Lipinski definition) is 1. The largest absolute Gasteiger partial charge is 0.444 e. The van der Waals surface area contributed by atoms with Gasteiger partial charge in [0.25, 0.3) is 0 Å². The van der Waals surface area contributed by atoms with E-state index in [-0.39, 0.29) is 29.6 Å². The van der Waals surface area contributed by atoms with Gasteiger partial charge < -0.3 is 14.7 Å². The highest BCUT2D eigenvalue weighted by molar-refractivity contribution is 5.68. The van der Waals surface area contributed by atoms with Crippen LogP contribution in [0.4, 0.5) is 4.79 Å². The Balaban J connectivity index is 2.18. The van der Waals surface area contributed by atoms with Gasteiger partial charge in [0.2, 0.25) is 0 Å². The first kappa shape index (κ1) is 18.6. The number of likely N-dealkylation sites (tertiary alicyclic amines) is 1. The van der Waals surface area contributed by atoms with Gasteiger partial charge in [-0.3, -0.25) is 0 Å². The van der Waals surface area contributed by atoms with Crippen molar-refractivity contribution in [3.63, 3.8) is 0 Å². The molecule has 1 saturated carbocycles. The Kier molecular flexibility index (Phi) is 5.65. The van der Waals surface area contributed by atoms with Crippen molar-refractivity contribution in [1.82, 2.24) is 4.90 Å². The van der Waals surface area contributed by atoms with E-state index in [0.29, 0.717) is 0 Å². The van der Waals surface area contributed by atoms with Gasteiger partial charge in [-0.15, -0.1) is 0 Å². The third kappa shape index (κ3) is 5.10. The highest BCUT2D eigenvalue weighted by Crippen LogP contribution is 2.43. The van der Waals surface area contributed by atoms with Gasteiger partial charge in [0.1, 0.15) is 5.60 Å². The Hall–Kier alpha value is -0.770. The molecule has 1 aliphatic heterocycles. The molecule has 0 aromatic rings. The predicted molar refractivity (Wildman–Crippen MR) is 92.3 cm³/mol. The predicted octanol–water partition coefficient (Wildman–Crippen LogP) is 4.35. The summed E-state index contributed by atoms with van der Waals surface area (Å²) in [5, 5.41) is 10.6. The van der Waals surface area contributed by atoms with Crippen LogP contribution in [-0.2, 0) is 4.74 Å². The standard InChI is InChI=1S/C19H35NO3/c1-18(2,3)23-17(22)20-12-8-6-7-9-15(20)14-13-19(4,5)11-10-16(14)21/h14-16,21H,6-13H2,1-5H3. The molecule has 1 N–H and O–H groups in total. The number of hydrogen-bond acceptors (Lipinski definition) is 3. The monoisotopic (exact) mass is 325 g/mol. The fourth-order valence-electron chi connectivity index (χ4n) is 4.15. The molecule has 1 aliphatic carbocycles. The fraction of sp³-hybridized carbons (Fsp3) is 0.947. The molecule has 4 nitrogen and oxygen atoms in total. The van der Waals surface area contributed by atoms with E-state index in [9.17, 15) is 9.90 Å². The van der Waals surface area contributed by atoms with Crippen LogP contribution >= 0.6 is 0 Å². The van der Waals surface area contributed by atoms with Crippen molar-refractivity contribution in [2.75, 3.05) is 6.54 Å². The zero-order valence-electron chi connectivity index (χ0n) is 15.6. The smallest absolute Gasteiger partial charge is 0.410 e. The number of ether oxygens (including phenoxy) is 1. The Labute approximate surface area is 141 Å². The van der Waals surface area contributed by atoms with Gasteiger partial charge in [0, 0.05) is 18.5 Å². The number of aliphatic hydroxyl groups is 1. The molecule has 2 rings (SSSR count). The second kappa shape index (κ2) is 7.00. The van der Waals surface area contributed by atoms with Crippen molar-refractivity contribution >= 4 is 6.09 Å². The molecular formula is C19H35NO3. The fourth-order valence-corrected chi connectivity index (χ4v) is 4.15. The molecule has 3 atom stereocenters.